The third-order valence-electron chi connectivity index (χ3n) is 19.7. The maximum atomic E-state index is 14.9. The molecule has 0 unspecified atom stereocenters. The van der Waals surface area contributed by atoms with Gasteiger partial charge < -0.3 is 99.2 Å². The Labute approximate surface area is 412 Å². The number of rotatable bonds is 11. The van der Waals surface area contributed by atoms with Crippen LogP contribution in [0.2, 0.25) is 0 Å². The molecule has 0 bridgehead atoms. The van der Waals surface area contributed by atoms with Gasteiger partial charge in [-0.1, -0.05) is 39.3 Å². The highest BCUT2D eigenvalue weighted by Gasteiger charge is 2.73. The highest BCUT2D eigenvalue weighted by Crippen LogP contribution is 2.76. The van der Waals surface area contributed by atoms with E-state index < -0.39 is 181 Å². The van der Waals surface area contributed by atoms with Crippen molar-refractivity contribution in [2.75, 3.05) is 40.6 Å². The molecule has 22 heteroatoms. The molecule has 22 nitrogen and oxygen atoms in total. The molecular formula is C49H78O22. The summed E-state index contributed by atoms with van der Waals surface area (Å²) in [5, 5.41) is 129. The number of carbonyl (C=O) groups excluding carboxylic acids is 2. The summed E-state index contributed by atoms with van der Waals surface area (Å²) in [5.41, 5.74) is -4.52. The van der Waals surface area contributed by atoms with Gasteiger partial charge in [0.05, 0.1) is 62.7 Å². The van der Waals surface area contributed by atoms with Gasteiger partial charge in [-0.25, -0.2) is 0 Å². The number of methoxy groups -OCH3 is 2. The second kappa shape index (κ2) is 19.8. The van der Waals surface area contributed by atoms with Crippen LogP contribution in [0.5, 0.6) is 0 Å². The maximum absolute atomic E-state index is 14.9. The van der Waals surface area contributed by atoms with Gasteiger partial charge in [0.25, 0.3) is 0 Å². The summed E-state index contributed by atoms with van der Waals surface area (Å²) in [6.07, 6.45) is -20.9. The molecular weight excluding hydrogens is 941 g/mol. The molecule has 3 heterocycles. The van der Waals surface area contributed by atoms with Gasteiger partial charge in [-0.05, 0) is 86.4 Å². The number of hydrogen-bond donors (Lipinski definition) is 12. The summed E-state index contributed by atoms with van der Waals surface area (Å²) in [6, 6.07) is 0. The molecule has 3 saturated heterocycles. The zero-order valence-electron chi connectivity index (χ0n) is 41.6. The predicted octanol–water partition coefficient (Wildman–Crippen LogP) is -2.50. The molecule has 7 fully saturated rings. The van der Waals surface area contributed by atoms with E-state index in [1.165, 1.54) is 7.11 Å². The first-order valence-electron chi connectivity index (χ1n) is 25.0. The van der Waals surface area contributed by atoms with Gasteiger partial charge in [-0.3, -0.25) is 9.59 Å². The van der Waals surface area contributed by atoms with E-state index in [-0.39, 0.29) is 37.5 Å². The molecule has 406 valence electrons. The summed E-state index contributed by atoms with van der Waals surface area (Å²) in [5.74, 6) is -2.40. The third kappa shape index (κ3) is 8.46. The fraction of sp³-hybridized carbons (Fsp3) is 0.918. The highest BCUT2D eigenvalue weighted by atomic mass is 16.7. The number of carbonyl (C=O) groups is 2. The van der Waals surface area contributed by atoms with Gasteiger partial charge >= 0.3 is 11.9 Å². The number of ether oxygens (including phenoxy) is 8. The average Bonchev–Trinajstić information content (AvgIpc) is 3.34. The minimum atomic E-state index is -1.82. The van der Waals surface area contributed by atoms with Crippen LogP contribution in [0.1, 0.15) is 86.0 Å². The molecule has 71 heavy (non-hydrogen) atoms. The van der Waals surface area contributed by atoms with E-state index in [1.54, 1.807) is 7.11 Å². The van der Waals surface area contributed by atoms with Gasteiger partial charge in [0.1, 0.15) is 67.1 Å². The zero-order valence-corrected chi connectivity index (χ0v) is 41.6. The lowest BCUT2D eigenvalue weighted by molar-refractivity contribution is -0.358. The van der Waals surface area contributed by atoms with Crippen LogP contribution in [0.4, 0.5) is 0 Å². The molecule has 0 aromatic rings. The van der Waals surface area contributed by atoms with Crippen LogP contribution in [0.15, 0.2) is 11.6 Å². The molecule has 5 aliphatic carbocycles. The average molecular weight is 1020 g/mol. The van der Waals surface area contributed by atoms with Crippen LogP contribution in [-0.4, -0.2) is 218 Å². The minimum absolute atomic E-state index is 0.157. The standard InChI is InChI=1S/C49H78O22/c1-44(42(62)65-7)10-12-49(43(63)71-41-36(61)33(58)30(55)26(18-51)68-41)13-11-47(4)21(22(49)15-44)14-24(64-6)37-45(2)16-23(53)38(46(3,20-52)28(45)8-9-48(37,47)5)70-39-34(59)31(56)27(19-66-39)69-40-35(60)32(57)29(54)25(17-50)67-40/h14,22-41,50-61H,8-13,15-20H2,1-7H3/t22-,23-,24+,25+,26+,27+,28+,29+,30+,31-,32-,33-,34+,35+,36+,37+,38-,39-,40-,41-,44-,45-,46-,47+,48+,49-/m0/s1. The Morgan fingerprint density at radius 2 is 1.27 bits per heavy atom. The van der Waals surface area contributed by atoms with Crippen LogP contribution < -0.4 is 0 Å². The first-order chi connectivity index (χ1) is 33.3. The first-order valence-corrected chi connectivity index (χ1v) is 25.0. The highest BCUT2D eigenvalue weighted by molar-refractivity contribution is 5.81. The molecule has 26 atom stereocenters. The van der Waals surface area contributed by atoms with Crippen LogP contribution in [-0.2, 0) is 47.5 Å². The van der Waals surface area contributed by atoms with Crippen molar-refractivity contribution in [1.82, 2.24) is 0 Å². The van der Waals surface area contributed by atoms with Crippen molar-refractivity contribution < 1.29 is 109 Å². The number of aliphatic hydroxyl groups is 12. The Morgan fingerprint density at radius 1 is 0.676 bits per heavy atom. The van der Waals surface area contributed by atoms with Crippen LogP contribution in [0, 0.1) is 50.2 Å². The van der Waals surface area contributed by atoms with Gasteiger partial charge in [0.2, 0.25) is 6.29 Å². The van der Waals surface area contributed by atoms with E-state index in [1.807, 2.05) is 13.8 Å². The van der Waals surface area contributed by atoms with Crippen molar-refractivity contribution in [2.45, 2.75) is 190 Å². The van der Waals surface area contributed by atoms with Crippen molar-refractivity contribution in [2.24, 2.45) is 50.2 Å². The molecule has 4 saturated carbocycles. The SMILES string of the molecule is COC(=O)[C@@]1(C)CC[C@]2(C(=O)O[C@@H]3O[C@H](CO)[C@@H](O)[C@H](O)[C@H]3O)CC[C@]3(C)C(=C[C@@H](OC)[C@@H]4[C@@]5(C)C[C@H](O)[C@H](O[C@@H]6OC[C@@H](O[C@@H]7O[C@H](CO)[C@@H](O)[C@H](O)[C@H]7O)[C@H](O)[C@H]6O)[C@@](C)(CO)[C@@H]5CC[C@]43C)[C@@H]2C1. The summed E-state index contributed by atoms with van der Waals surface area (Å²) >= 11 is 0. The Balaban J connectivity index is 1.07. The molecule has 3 aliphatic heterocycles. The molecule has 0 amide bonds. The summed E-state index contributed by atoms with van der Waals surface area (Å²) in [6.45, 7) is 7.84. The number of esters is 2. The van der Waals surface area contributed by atoms with Gasteiger partial charge in [-0.2, -0.15) is 0 Å². The maximum Gasteiger partial charge on any atom is 0.315 e. The molecule has 0 radical (unpaired) electrons. The minimum Gasteiger partial charge on any atom is -0.469 e. The number of allylic oxidation sites excluding steroid dienone is 1. The van der Waals surface area contributed by atoms with Crippen molar-refractivity contribution >= 4 is 11.9 Å². The largest absolute Gasteiger partial charge is 0.469 e. The molecule has 0 spiro atoms. The number of hydrogen-bond acceptors (Lipinski definition) is 22. The number of fused-ring (bicyclic) bond motifs is 7. The normalized spacial score (nSPS) is 54.0. The van der Waals surface area contributed by atoms with Crippen LogP contribution >= 0.6 is 0 Å². The Bertz CT molecular complexity index is 1970. The summed E-state index contributed by atoms with van der Waals surface area (Å²) in [7, 11) is 2.92. The van der Waals surface area contributed by atoms with E-state index in [2.05, 4.69) is 26.8 Å². The van der Waals surface area contributed by atoms with Crippen LogP contribution in [0.3, 0.4) is 0 Å². The van der Waals surface area contributed by atoms with Crippen LogP contribution in [0.25, 0.3) is 0 Å². The molecule has 8 rings (SSSR count). The smallest absolute Gasteiger partial charge is 0.315 e. The molecule has 8 aliphatic rings. The van der Waals surface area contributed by atoms with E-state index >= 15 is 0 Å². The summed E-state index contributed by atoms with van der Waals surface area (Å²) in [4.78, 5) is 28.5. The van der Waals surface area contributed by atoms with Crippen molar-refractivity contribution in [3.8, 4) is 0 Å². The van der Waals surface area contributed by atoms with Gasteiger partial charge in [0.15, 0.2) is 12.6 Å². The Morgan fingerprint density at radius 3 is 1.86 bits per heavy atom. The second-order valence-electron chi connectivity index (χ2n) is 23.3. The second-order valence-corrected chi connectivity index (χ2v) is 23.3. The van der Waals surface area contributed by atoms with Crippen molar-refractivity contribution in [3.63, 3.8) is 0 Å². The quantitative estimate of drug-likeness (QED) is 0.0578. The van der Waals surface area contributed by atoms with E-state index in [4.69, 9.17) is 37.9 Å². The topological polar surface area (TPSA) is 351 Å². The third-order valence-corrected chi connectivity index (χ3v) is 19.7. The van der Waals surface area contributed by atoms with Crippen molar-refractivity contribution in [3.05, 3.63) is 11.6 Å². The fourth-order valence-corrected chi connectivity index (χ4v) is 15.4. The zero-order chi connectivity index (χ0) is 52.1. The van der Waals surface area contributed by atoms with Crippen molar-refractivity contribution in [1.29, 1.82) is 0 Å². The molecule has 12 N–H and O–H groups in total. The monoisotopic (exact) mass is 1020 g/mol. The van der Waals surface area contributed by atoms with E-state index in [9.17, 15) is 70.9 Å². The van der Waals surface area contributed by atoms with E-state index in [0.29, 0.717) is 25.7 Å². The van der Waals surface area contributed by atoms with Gasteiger partial charge in [-0.15, -0.1) is 0 Å². The lowest BCUT2D eigenvalue weighted by Crippen LogP contribution is -2.71. The lowest BCUT2D eigenvalue weighted by atomic mass is 9.33. The van der Waals surface area contributed by atoms with Gasteiger partial charge in [0, 0.05) is 18.4 Å². The fourth-order valence-electron chi connectivity index (χ4n) is 15.4. The van der Waals surface area contributed by atoms with E-state index in [0.717, 1.165) is 5.57 Å². The Hall–Kier alpha value is -2.04. The summed E-state index contributed by atoms with van der Waals surface area (Å²) < 4.78 is 46.8. The Kier molecular flexibility index (Phi) is 15.4. The first kappa shape index (κ1) is 55.2. The number of aliphatic hydroxyl groups excluding tert-OH is 12. The molecule has 0 aromatic carbocycles. The lowest BCUT2D eigenvalue weighted by Gasteiger charge is -2.72. The predicted molar refractivity (Wildman–Crippen MR) is 239 cm³/mol. The molecule has 0 aromatic heterocycles.